The van der Waals surface area contributed by atoms with Crippen molar-refractivity contribution < 1.29 is 26.7 Å². The van der Waals surface area contributed by atoms with Crippen LogP contribution in [-0.4, -0.2) is 42.1 Å². The van der Waals surface area contributed by atoms with Crippen LogP contribution in [0.3, 0.4) is 0 Å². The zero-order chi connectivity index (χ0) is 24.3. The van der Waals surface area contributed by atoms with Crippen LogP contribution < -0.4 is 9.46 Å². The Morgan fingerprint density at radius 3 is 2.15 bits per heavy atom. The minimum absolute atomic E-state index is 0.0168. The van der Waals surface area contributed by atoms with Gasteiger partial charge in [-0.15, -0.1) is 0 Å². The molecule has 0 aromatic heterocycles. The minimum atomic E-state index is -3.82. The largest absolute Gasteiger partial charge is 0.457 e. The van der Waals surface area contributed by atoms with Gasteiger partial charge < -0.3 is 13.9 Å². The maximum absolute atomic E-state index is 13.2. The lowest BCUT2D eigenvalue weighted by Gasteiger charge is -2.42. The van der Waals surface area contributed by atoms with E-state index in [2.05, 4.69) is 38.6 Å². The quantitative estimate of drug-likeness (QED) is 0.492. The Labute approximate surface area is 197 Å². The van der Waals surface area contributed by atoms with Crippen LogP contribution in [0.25, 0.3) is 0 Å². The molecule has 0 bridgehead atoms. The lowest BCUT2D eigenvalue weighted by molar-refractivity contribution is 0.00635. The number of benzene rings is 2. The molecule has 1 fully saturated rings. The summed E-state index contributed by atoms with van der Waals surface area (Å²) in [5, 5.41) is 0.0168. The summed E-state index contributed by atoms with van der Waals surface area (Å²) in [6, 6.07) is 11.8. The molecule has 1 heterocycles. The number of halogens is 1. The van der Waals surface area contributed by atoms with E-state index in [4.69, 9.17) is 13.9 Å². The first kappa shape index (κ1) is 25.8. The predicted octanol–water partition coefficient (Wildman–Crippen LogP) is 5.47. The molecule has 1 aliphatic rings. The average molecular weight is 496 g/mol. The zero-order valence-corrected chi connectivity index (χ0v) is 21.8. The molecule has 6 nitrogen and oxygen atoms in total. The fraction of sp³-hybridized carbons (Fsp3) is 0.500. The summed E-state index contributed by atoms with van der Waals surface area (Å²) in [5.41, 5.74) is -0.810. The Balaban J connectivity index is 1.74. The first-order valence-corrected chi connectivity index (χ1v) is 15.5. The fourth-order valence-electron chi connectivity index (χ4n) is 3.28. The highest BCUT2D eigenvalue weighted by molar-refractivity contribution is 7.89. The van der Waals surface area contributed by atoms with Crippen molar-refractivity contribution in [2.45, 2.75) is 62.2 Å². The van der Waals surface area contributed by atoms with Crippen LogP contribution in [-0.2, 0) is 19.2 Å². The normalized spacial score (nSPS) is 19.9. The van der Waals surface area contributed by atoms with Crippen molar-refractivity contribution in [3.63, 3.8) is 0 Å². The van der Waals surface area contributed by atoms with Gasteiger partial charge in [-0.3, -0.25) is 0 Å². The van der Waals surface area contributed by atoms with Gasteiger partial charge >= 0.3 is 0 Å². The summed E-state index contributed by atoms with van der Waals surface area (Å²) < 4.78 is 60.2. The van der Waals surface area contributed by atoms with Crippen molar-refractivity contribution in [1.29, 1.82) is 0 Å². The molecule has 0 amide bonds. The fourth-order valence-corrected chi connectivity index (χ4v) is 5.75. The van der Waals surface area contributed by atoms with Crippen LogP contribution in [0.15, 0.2) is 53.4 Å². The molecular formula is C24H34FNO5SSi. The molecule has 1 unspecified atom stereocenters. The molecule has 0 spiro atoms. The number of hydrogen-bond donors (Lipinski definition) is 1. The molecule has 33 heavy (non-hydrogen) atoms. The monoisotopic (exact) mass is 495 g/mol. The minimum Gasteiger partial charge on any atom is -0.457 e. The maximum Gasteiger partial charge on any atom is 0.241 e. The molecule has 182 valence electrons. The van der Waals surface area contributed by atoms with E-state index in [1.807, 2.05) is 0 Å². The molecule has 2 aromatic carbocycles. The van der Waals surface area contributed by atoms with Gasteiger partial charge in [-0.1, -0.05) is 20.8 Å². The molecule has 1 saturated heterocycles. The van der Waals surface area contributed by atoms with Gasteiger partial charge in [-0.25, -0.2) is 17.5 Å². The van der Waals surface area contributed by atoms with Crippen molar-refractivity contribution in [2.75, 3.05) is 19.8 Å². The highest BCUT2D eigenvalue weighted by atomic mass is 32.2. The lowest BCUT2D eigenvalue weighted by Crippen LogP contribution is -2.59. The van der Waals surface area contributed by atoms with Gasteiger partial charge in [0.15, 0.2) is 8.32 Å². The van der Waals surface area contributed by atoms with Crippen molar-refractivity contribution in [1.82, 2.24) is 4.72 Å². The van der Waals surface area contributed by atoms with Crippen molar-refractivity contribution >= 4 is 18.3 Å². The summed E-state index contributed by atoms with van der Waals surface area (Å²) in [4.78, 5) is 0.131. The van der Waals surface area contributed by atoms with Crippen LogP contribution in [0.4, 0.5) is 4.39 Å². The third-order valence-corrected chi connectivity index (χ3v) is 12.4. The van der Waals surface area contributed by atoms with Crippen molar-refractivity contribution in [2.24, 2.45) is 0 Å². The van der Waals surface area contributed by atoms with Gasteiger partial charge in [-0.2, -0.15) is 0 Å². The van der Waals surface area contributed by atoms with E-state index in [0.29, 0.717) is 24.5 Å². The van der Waals surface area contributed by atoms with E-state index in [0.717, 1.165) is 6.42 Å². The summed E-state index contributed by atoms with van der Waals surface area (Å²) in [6.07, 6.45) is 1.40. The highest BCUT2D eigenvalue weighted by Crippen LogP contribution is 2.37. The molecule has 1 N–H and O–H groups in total. The van der Waals surface area contributed by atoms with Gasteiger partial charge in [-0.05, 0) is 79.5 Å². The summed E-state index contributed by atoms with van der Waals surface area (Å²) >= 11 is 0. The van der Waals surface area contributed by atoms with Gasteiger partial charge in [0.2, 0.25) is 10.0 Å². The van der Waals surface area contributed by atoms with Gasteiger partial charge in [0.1, 0.15) is 17.3 Å². The SMILES string of the molecule is CC(C)(C)[Si](C)(C)OCC1(NS(=O)(=O)c2ccc(Oc3ccc(F)cc3)cc2)CCCOC1. The van der Waals surface area contributed by atoms with Crippen molar-refractivity contribution in [3.8, 4) is 11.5 Å². The van der Waals surface area contributed by atoms with Crippen LogP contribution in [0.1, 0.15) is 33.6 Å². The van der Waals surface area contributed by atoms with E-state index >= 15 is 0 Å². The Bertz CT molecular complexity index is 1030. The van der Waals surface area contributed by atoms with Crippen LogP contribution >= 0.6 is 0 Å². The number of rotatable bonds is 8. The second-order valence-electron chi connectivity index (χ2n) is 10.1. The Kier molecular flexibility index (Phi) is 7.70. The standard InChI is InChI=1S/C24H34FNO5SSi/c1-23(2,3)33(4,5)30-18-24(15-6-16-29-17-24)26-32(27,28)22-13-11-21(12-14-22)31-20-9-7-19(25)8-10-20/h7-14,26H,6,15-18H2,1-5H3. The molecule has 0 aliphatic carbocycles. The Morgan fingerprint density at radius 2 is 1.64 bits per heavy atom. The van der Waals surface area contributed by atoms with E-state index in [1.165, 1.54) is 36.4 Å². The van der Waals surface area contributed by atoms with E-state index < -0.39 is 23.9 Å². The molecule has 2 aromatic rings. The van der Waals surface area contributed by atoms with Crippen LogP contribution in [0.5, 0.6) is 11.5 Å². The van der Waals surface area contributed by atoms with Crippen LogP contribution in [0, 0.1) is 5.82 Å². The highest BCUT2D eigenvalue weighted by Gasteiger charge is 2.43. The molecule has 1 atom stereocenters. The lowest BCUT2D eigenvalue weighted by atomic mass is 9.95. The third-order valence-electron chi connectivity index (χ3n) is 6.37. The average Bonchev–Trinajstić information content (AvgIpc) is 2.74. The molecule has 0 radical (unpaired) electrons. The van der Waals surface area contributed by atoms with Gasteiger partial charge in [0.25, 0.3) is 0 Å². The second-order valence-corrected chi connectivity index (χ2v) is 16.6. The van der Waals surface area contributed by atoms with Crippen molar-refractivity contribution in [3.05, 3.63) is 54.3 Å². The summed E-state index contributed by atoms with van der Waals surface area (Å²) in [6.45, 7) is 11.9. The number of sulfonamides is 1. The Morgan fingerprint density at radius 1 is 1.06 bits per heavy atom. The molecule has 1 aliphatic heterocycles. The van der Waals surface area contributed by atoms with Gasteiger partial charge in [0.05, 0.1) is 23.6 Å². The number of ether oxygens (including phenoxy) is 2. The number of hydrogen-bond acceptors (Lipinski definition) is 5. The van der Waals surface area contributed by atoms with E-state index in [-0.39, 0.29) is 29.0 Å². The molecular weight excluding hydrogens is 461 g/mol. The van der Waals surface area contributed by atoms with E-state index in [1.54, 1.807) is 12.1 Å². The summed E-state index contributed by atoms with van der Waals surface area (Å²) in [5.74, 6) is 0.566. The Hall–Kier alpha value is -1.78. The topological polar surface area (TPSA) is 73.9 Å². The third kappa shape index (κ3) is 6.63. The molecule has 9 heteroatoms. The molecule has 0 saturated carbocycles. The first-order chi connectivity index (χ1) is 15.3. The second kappa shape index (κ2) is 9.83. The van der Waals surface area contributed by atoms with Crippen LogP contribution in [0.2, 0.25) is 18.1 Å². The predicted molar refractivity (Wildman–Crippen MR) is 129 cm³/mol. The number of nitrogens with one attached hydrogen (secondary N) is 1. The van der Waals surface area contributed by atoms with E-state index in [9.17, 15) is 12.8 Å². The zero-order valence-electron chi connectivity index (χ0n) is 20.0. The maximum atomic E-state index is 13.2. The molecule has 3 rings (SSSR count). The first-order valence-electron chi connectivity index (χ1n) is 11.1. The van der Waals surface area contributed by atoms with Gasteiger partial charge in [0, 0.05) is 6.61 Å². The smallest absolute Gasteiger partial charge is 0.241 e. The summed E-state index contributed by atoms with van der Waals surface area (Å²) in [7, 11) is -5.89.